The van der Waals surface area contributed by atoms with Crippen molar-refractivity contribution < 1.29 is 14.2 Å². The van der Waals surface area contributed by atoms with Crippen LogP contribution in [0.25, 0.3) is 0 Å². The Morgan fingerprint density at radius 2 is 1.53 bits per heavy atom. The molecule has 4 nitrogen and oxygen atoms in total. The second-order valence-corrected chi connectivity index (χ2v) is 3.61. The molecule has 4 heteroatoms. The summed E-state index contributed by atoms with van der Waals surface area (Å²) in [6, 6.07) is 9.25. The topological polar surface area (TPSA) is 32.6 Å². The number of aromatic nitrogens is 1. The summed E-state index contributed by atoms with van der Waals surface area (Å²) in [5, 5.41) is 0. The Balaban J connectivity index is 2.29. The molecule has 1 aromatic heterocycles. The van der Waals surface area contributed by atoms with Crippen molar-refractivity contribution in [1.29, 1.82) is 0 Å². The highest BCUT2D eigenvalue weighted by molar-refractivity contribution is 5.43. The van der Waals surface area contributed by atoms with Gasteiger partial charge in [0.2, 0.25) is 0 Å². The van der Waals surface area contributed by atoms with Crippen LogP contribution in [0.15, 0.2) is 36.5 Å². The molecule has 2 rings (SSSR count). The Hall–Kier alpha value is -2.10. The highest BCUT2D eigenvalue weighted by atomic mass is 16.5. The lowest BCUT2D eigenvalue weighted by Crippen LogP contribution is -1.93. The minimum Gasteiger partial charge on any atom is -0.496 e. The quantitative estimate of drug-likeness (QED) is 0.814. The van der Waals surface area contributed by atoms with E-state index >= 15 is 0 Å². The lowest BCUT2D eigenvalue weighted by atomic mass is 10.3. The van der Waals surface area contributed by atoms with Crippen LogP contribution in [0.2, 0.25) is 0 Å². The largest absolute Gasteiger partial charge is 0.496 e. The average Bonchev–Trinajstić information content (AvgIpc) is 2.74. The molecule has 0 atom stereocenters. The summed E-state index contributed by atoms with van der Waals surface area (Å²) in [5.74, 6) is 2.85. The van der Waals surface area contributed by atoms with E-state index in [9.17, 15) is 0 Å². The second-order valence-electron chi connectivity index (χ2n) is 3.61. The number of nitrogens with zero attached hydrogens (tertiary/aromatic N) is 1. The van der Waals surface area contributed by atoms with Gasteiger partial charge in [-0.3, -0.25) is 0 Å². The molecule has 0 fully saturated rings. The highest BCUT2D eigenvalue weighted by Crippen LogP contribution is 2.30. The average molecular weight is 233 g/mol. The maximum atomic E-state index is 5.74. The van der Waals surface area contributed by atoms with Crippen molar-refractivity contribution in [2.24, 2.45) is 7.05 Å². The van der Waals surface area contributed by atoms with Gasteiger partial charge in [0, 0.05) is 37.5 Å². The molecule has 90 valence electrons. The van der Waals surface area contributed by atoms with E-state index in [0.29, 0.717) is 17.2 Å². The fourth-order valence-corrected chi connectivity index (χ4v) is 1.51. The zero-order chi connectivity index (χ0) is 12.3. The predicted octanol–water partition coefficient (Wildman–Crippen LogP) is 2.83. The Morgan fingerprint density at radius 1 is 0.941 bits per heavy atom. The smallest absolute Gasteiger partial charge is 0.199 e. The van der Waals surface area contributed by atoms with Gasteiger partial charge in [-0.2, -0.15) is 0 Å². The summed E-state index contributed by atoms with van der Waals surface area (Å²) in [6.07, 6.45) is 1.92. The summed E-state index contributed by atoms with van der Waals surface area (Å²) in [6.45, 7) is 0. The normalized spacial score (nSPS) is 10.1. The molecule has 2 aromatic rings. The molecule has 0 saturated carbocycles. The molecule has 0 spiro atoms. The predicted molar refractivity (Wildman–Crippen MR) is 65.0 cm³/mol. The molecule has 0 aliphatic rings. The van der Waals surface area contributed by atoms with Crippen molar-refractivity contribution >= 4 is 0 Å². The van der Waals surface area contributed by atoms with Gasteiger partial charge in [0.05, 0.1) is 14.2 Å². The molecule has 0 aliphatic heterocycles. The standard InChI is InChI=1S/C13H15NO3/c1-14-6-4-5-13(14)17-12-8-10(15-2)7-11(9-12)16-3/h4-9H,1-3H3. The minimum atomic E-state index is 0.683. The molecular formula is C13H15NO3. The third kappa shape index (κ3) is 2.53. The van der Waals surface area contributed by atoms with Crippen molar-refractivity contribution in [1.82, 2.24) is 4.57 Å². The molecule has 0 N–H and O–H groups in total. The van der Waals surface area contributed by atoms with Crippen molar-refractivity contribution in [3.63, 3.8) is 0 Å². The lowest BCUT2D eigenvalue weighted by Gasteiger charge is -2.10. The van der Waals surface area contributed by atoms with Crippen molar-refractivity contribution in [3.05, 3.63) is 36.5 Å². The first-order valence-electron chi connectivity index (χ1n) is 5.25. The van der Waals surface area contributed by atoms with Crippen LogP contribution in [0.1, 0.15) is 0 Å². The Labute approximate surface area is 100 Å². The first-order valence-corrected chi connectivity index (χ1v) is 5.25. The van der Waals surface area contributed by atoms with Gasteiger partial charge in [0.1, 0.15) is 17.2 Å². The van der Waals surface area contributed by atoms with E-state index in [1.807, 2.05) is 42.1 Å². The molecule has 0 unspecified atom stereocenters. The lowest BCUT2D eigenvalue weighted by molar-refractivity contribution is 0.383. The van der Waals surface area contributed by atoms with Gasteiger partial charge in [-0.1, -0.05) is 0 Å². The zero-order valence-corrected chi connectivity index (χ0v) is 10.1. The van der Waals surface area contributed by atoms with E-state index in [-0.39, 0.29) is 0 Å². The van der Waals surface area contributed by atoms with Crippen molar-refractivity contribution in [2.45, 2.75) is 0 Å². The van der Waals surface area contributed by atoms with E-state index in [4.69, 9.17) is 14.2 Å². The van der Waals surface area contributed by atoms with Crippen LogP contribution in [0.5, 0.6) is 23.1 Å². The minimum absolute atomic E-state index is 0.683. The fourth-order valence-electron chi connectivity index (χ4n) is 1.51. The van der Waals surface area contributed by atoms with Crippen LogP contribution in [-0.4, -0.2) is 18.8 Å². The number of aryl methyl sites for hydroxylation is 1. The van der Waals surface area contributed by atoms with Crippen LogP contribution in [0.4, 0.5) is 0 Å². The number of methoxy groups -OCH3 is 2. The summed E-state index contributed by atoms with van der Waals surface area (Å²) >= 11 is 0. The monoisotopic (exact) mass is 233 g/mol. The molecular weight excluding hydrogens is 218 g/mol. The number of hydrogen-bond acceptors (Lipinski definition) is 3. The van der Waals surface area contributed by atoms with Gasteiger partial charge in [-0.05, 0) is 6.07 Å². The van der Waals surface area contributed by atoms with E-state index in [1.165, 1.54) is 0 Å². The van der Waals surface area contributed by atoms with Crippen LogP contribution in [0.3, 0.4) is 0 Å². The van der Waals surface area contributed by atoms with Gasteiger partial charge in [0.15, 0.2) is 5.88 Å². The Bertz CT molecular complexity index is 483. The summed E-state index contributed by atoms with van der Waals surface area (Å²) in [7, 11) is 5.15. The molecule has 17 heavy (non-hydrogen) atoms. The van der Waals surface area contributed by atoms with E-state index < -0.39 is 0 Å². The Morgan fingerprint density at radius 3 is 2.00 bits per heavy atom. The fraction of sp³-hybridized carbons (Fsp3) is 0.231. The van der Waals surface area contributed by atoms with E-state index in [0.717, 1.165) is 5.88 Å². The third-order valence-electron chi connectivity index (χ3n) is 2.44. The van der Waals surface area contributed by atoms with Crippen LogP contribution in [0, 0.1) is 0 Å². The molecule has 0 saturated heterocycles. The van der Waals surface area contributed by atoms with Gasteiger partial charge in [-0.15, -0.1) is 0 Å². The van der Waals surface area contributed by atoms with E-state index in [2.05, 4.69) is 0 Å². The van der Waals surface area contributed by atoms with Gasteiger partial charge >= 0.3 is 0 Å². The van der Waals surface area contributed by atoms with Crippen molar-refractivity contribution in [2.75, 3.05) is 14.2 Å². The number of ether oxygens (including phenoxy) is 3. The third-order valence-corrected chi connectivity index (χ3v) is 2.44. The first kappa shape index (κ1) is 11.4. The summed E-state index contributed by atoms with van der Waals surface area (Å²) in [5.41, 5.74) is 0. The van der Waals surface area contributed by atoms with Gasteiger partial charge in [0.25, 0.3) is 0 Å². The molecule has 1 heterocycles. The zero-order valence-electron chi connectivity index (χ0n) is 10.1. The number of benzene rings is 1. The molecule has 0 bridgehead atoms. The maximum Gasteiger partial charge on any atom is 0.199 e. The Kier molecular flexibility index (Phi) is 3.23. The van der Waals surface area contributed by atoms with Crippen LogP contribution in [-0.2, 0) is 7.05 Å². The molecule has 1 aromatic carbocycles. The van der Waals surface area contributed by atoms with Crippen LogP contribution < -0.4 is 14.2 Å². The molecule has 0 aliphatic carbocycles. The van der Waals surface area contributed by atoms with Crippen molar-refractivity contribution in [3.8, 4) is 23.1 Å². The summed E-state index contributed by atoms with van der Waals surface area (Å²) < 4.78 is 18.0. The molecule has 0 amide bonds. The second kappa shape index (κ2) is 4.82. The molecule has 0 radical (unpaired) electrons. The maximum absolute atomic E-state index is 5.74. The van der Waals surface area contributed by atoms with Gasteiger partial charge < -0.3 is 18.8 Å². The highest BCUT2D eigenvalue weighted by Gasteiger charge is 2.05. The SMILES string of the molecule is COc1cc(OC)cc(Oc2cccn2C)c1. The van der Waals surface area contributed by atoms with E-state index in [1.54, 1.807) is 20.3 Å². The number of rotatable bonds is 4. The first-order chi connectivity index (χ1) is 8.22. The summed E-state index contributed by atoms with van der Waals surface area (Å²) in [4.78, 5) is 0. The van der Waals surface area contributed by atoms with Crippen LogP contribution >= 0.6 is 0 Å². The van der Waals surface area contributed by atoms with Gasteiger partial charge in [-0.25, -0.2) is 0 Å². The number of hydrogen-bond donors (Lipinski definition) is 0.